The molecule has 7 heteroatoms. The number of piperazine rings is 1. The summed E-state index contributed by atoms with van der Waals surface area (Å²) in [6, 6.07) is 18.3. The zero-order valence-corrected chi connectivity index (χ0v) is 19.3. The summed E-state index contributed by atoms with van der Waals surface area (Å²) in [6.07, 6.45) is 3.13. The number of ether oxygens (including phenoxy) is 1. The molecule has 0 bridgehead atoms. The van der Waals surface area contributed by atoms with E-state index in [1.165, 1.54) is 0 Å². The van der Waals surface area contributed by atoms with Crippen LogP contribution in [0.3, 0.4) is 0 Å². The van der Waals surface area contributed by atoms with E-state index in [2.05, 4.69) is 16.8 Å². The van der Waals surface area contributed by atoms with Gasteiger partial charge >= 0.3 is 0 Å². The second-order valence-electron chi connectivity index (χ2n) is 8.67. The number of hydrogen-bond acceptors (Lipinski definition) is 5. The van der Waals surface area contributed by atoms with Gasteiger partial charge in [-0.05, 0) is 48.0 Å². The van der Waals surface area contributed by atoms with Crippen molar-refractivity contribution in [1.82, 2.24) is 14.8 Å². The molecule has 7 nitrogen and oxygen atoms in total. The first-order chi connectivity index (χ1) is 17.1. The van der Waals surface area contributed by atoms with Gasteiger partial charge in [0.25, 0.3) is 5.91 Å². The third-order valence-electron chi connectivity index (χ3n) is 6.68. The molecule has 2 aliphatic heterocycles. The van der Waals surface area contributed by atoms with E-state index in [9.17, 15) is 14.7 Å². The molecule has 0 spiro atoms. The van der Waals surface area contributed by atoms with Gasteiger partial charge < -0.3 is 19.6 Å². The van der Waals surface area contributed by atoms with Gasteiger partial charge in [-0.3, -0.25) is 14.6 Å². The largest absolute Gasteiger partial charge is 0.497 e. The SMILES string of the molecule is COc1cccc(C#Cc2ccc([C@H]3[C@H](CO)N4C(=O)CN(C(=O)c5ccncc5)C[C@@H]34)cc2)c1. The Bertz CT molecular complexity index is 1300. The minimum Gasteiger partial charge on any atom is -0.497 e. The van der Waals surface area contributed by atoms with E-state index in [0.29, 0.717) is 12.1 Å². The van der Waals surface area contributed by atoms with Crippen molar-refractivity contribution in [3.05, 3.63) is 95.3 Å². The number of aliphatic hydroxyl groups excluding tert-OH is 1. The highest BCUT2D eigenvalue weighted by Crippen LogP contribution is 2.43. The van der Waals surface area contributed by atoms with Crippen LogP contribution >= 0.6 is 0 Å². The Balaban J connectivity index is 1.34. The summed E-state index contributed by atoms with van der Waals surface area (Å²) < 4.78 is 5.24. The van der Waals surface area contributed by atoms with Gasteiger partial charge in [-0.1, -0.05) is 30.0 Å². The molecule has 0 unspecified atom stereocenters. The number of methoxy groups -OCH3 is 1. The second kappa shape index (κ2) is 9.61. The van der Waals surface area contributed by atoms with E-state index in [1.54, 1.807) is 41.4 Å². The Morgan fingerprint density at radius 2 is 1.83 bits per heavy atom. The maximum atomic E-state index is 12.9. The van der Waals surface area contributed by atoms with Crippen molar-refractivity contribution in [2.24, 2.45) is 0 Å². The number of amides is 2. The molecule has 2 aliphatic rings. The first-order valence-corrected chi connectivity index (χ1v) is 11.5. The van der Waals surface area contributed by atoms with Gasteiger partial charge in [0.1, 0.15) is 12.3 Å². The van der Waals surface area contributed by atoms with E-state index < -0.39 is 0 Å². The Hall–Kier alpha value is -4.15. The molecule has 3 aromatic rings. The zero-order valence-electron chi connectivity index (χ0n) is 19.3. The third kappa shape index (κ3) is 4.36. The van der Waals surface area contributed by atoms with Crippen molar-refractivity contribution < 1.29 is 19.4 Å². The number of nitrogens with zero attached hydrogens (tertiary/aromatic N) is 3. The molecule has 2 amide bonds. The van der Waals surface area contributed by atoms with Crippen LogP contribution in [0.5, 0.6) is 5.75 Å². The van der Waals surface area contributed by atoms with Gasteiger partial charge in [-0.15, -0.1) is 0 Å². The summed E-state index contributed by atoms with van der Waals surface area (Å²) in [5.41, 5.74) is 3.25. The molecule has 1 aromatic heterocycles. The molecular weight excluding hydrogens is 442 g/mol. The number of pyridine rings is 1. The molecule has 2 aromatic carbocycles. The lowest BCUT2D eigenvalue weighted by Gasteiger charge is -2.58. The van der Waals surface area contributed by atoms with Crippen LogP contribution in [0.2, 0.25) is 0 Å². The molecule has 176 valence electrons. The van der Waals surface area contributed by atoms with Crippen molar-refractivity contribution in [3.8, 4) is 17.6 Å². The normalized spacial score (nSPS) is 20.9. The molecule has 0 saturated carbocycles. The summed E-state index contributed by atoms with van der Waals surface area (Å²) in [5.74, 6) is 6.69. The molecule has 1 N–H and O–H groups in total. The maximum Gasteiger partial charge on any atom is 0.254 e. The van der Waals surface area contributed by atoms with Gasteiger partial charge in [-0.2, -0.15) is 0 Å². The molecule has 2 fully saturated rings. The topological polar surface area (TPSA) is 83.0 Å². The van der Waals surface area contributed by atoms with Gasteiger partial charge in [0.15, 0.2) is 0 Å². The number of rotatable bonds is 4. The fourth-order valence-electron chi connectivity index (χ4n) is 4.97. The van der Waals surface area contributed by atoms with E-state index in [4.69, 9.17) is 4.74 Å². The zero-order chi connectivity index (χ0) is 24.4. The van der Waals surface area contributed by atoms with E-state index >= 15 is 0 Å². The van der Waals surface area contributed by atoms with E-state index in [0.717, 1.165) is 22.4 Å². The van der Waals surface area contributed by atoms with Gasteiger partial charge in [0, 0.05) is 41.5 Å². The van der Waals surface area contributed by atoms with Crippen LogP contribution in [0, 0.1) is 11.8 Å². The molecule has 3 heterocycles. The molecule has 2 saturated heterocycles. The third-order valence-corrected chi connectivity index (χ3v) is 6.68. The predicted octanol–water partition coefficient (Wildman–Crippen LogP) is 2.30. The number of benzene rings is 2. The van der Waals surface area contributed by atoms with Gasteiger partial charge in [-0.25, -0.2) is 0 Å². The van der Waals surface area contributed by atoms with Crippen molar-refractivity contribution in [3.63, 3.8) is 0 Å². The quantitative estimate of drug-likeness (QED) is 0.596. The smallest absolute Gasteiger partial charge is 0.254 e. The lowest BCUT2D eigenvalue weighted by Crippen LogP contribution is -2.73. The highest BCUT2D eigenvalue weighted by molar-refractivity contribution is 5.97. The van der Waals surface area contributed by atoms with Crippen molar-refractivity contribution >= 4 is 11.8 Å². The summed E-state index contributed by atoms with van der Waals surface area (Å²) >= 11 is 0. The fourth-order valence-corrected chi connectivity index (χ4v) is 4.97. The first kappa shape index (κ1) is 22.6. The van der Waals surface area contributed by atoms with Crippen LogP contribution < -0.4 is 4.74 Å². The number of hydrogen-bond donors (Lipinski definition) is 1. The lowest BCUT2D eigenvalue weighted by atomic mass is 9.73. The summed E-state index contributed by atoms with van der Waals surface area (Å²) in [7, 11) is 1.63. The van der Waals surface area contributed by atoms with Crippen LogP contribution in [-0.4, -0.2) is 70.6 Å². The molecule has 0 aliphatic carbocycles. The Labute approximate surface area is 204 Å². The van der Waals surface area contributed by atoms with Crippen LogP contribution in [0.4, 0.5) is 0 Å². The molecule has 0 radical (unpaired) electrons. The van der Waals surface area contributed by atoms with Crippen LogP contribution in [-0.2, 0) is 4.79 Å². The van der Waals surface area contributed by atoms with Crippen LogP contribution in [0.25, 0.3) is 0 Å². The highest BCUT2D eigenvalue weighted by atomic mass is 16.5. The second-order valence-corrected chi connectivity index (χ2v) is 8.67. The standard InChI is InChI=1S/C28H25N3O4/c1-35-23-4-2-3-20(15-23)6-5-19-7-9-21(10-8-19)27-24-16-30(17-26(33)31(24)25(27)18-32)28(34)22-11-13-29-14-12-22/h2-4,7-15,24-25,27,32H,16-18H2,1H3/t24-,25-,27+/m0/s1. The Kier molecular flexibility index (Phi) is 6.21. The van der Waals surface area contributed by atoms with Crippen molar-refractivity contribution in [2.45, 2.75) is 18.0 Å². The van der Waals surface area contributed by atoms with Crippen molar-refractivity contribution in [1.29, 1.82) is 0 Å². The summed E-state index contributed by atoms with van der Waals surface area (Å²) in [5, 5.41) is 10.0. The van der Waals surface area contributed by atoms with Crippen molar-refractivity contribution in [2.75, 3.05) is 26.8 Å². The van der Waals surface area contributed by atoms with Crippen LogP contribution in [0.15, 0.2) is 73.1 Å². The maximum absolute atomic E-state index is 12.9. The molecule has 3 atom stereocenters. The van der Waals surface area contributed by atoms with E-state index in [1.807, 2.05) is 48.5 Å². The first-order valence-electron chi connectivity index (χ1n) is 11.5. The number of fused-ring (bicyclic) bond motifs is 1. The Morgan fingerprint density at radius 1 is 1.09 bits per heavy atom. The highest BCUT2D eigenvalue weighted by Gasteiger charge is 2.54. The average Bonchev–Trinajstić information content (AvgIpc) is 2.89. The average molecular weight is 468 g/mol. The summed E-state index contributed by atoms with van der Waals surface area (Å²) in [6.45, 7) is 0.313. The number of carbonyl (C=O) groups is 2. The van der Waals surface area contributed by atoms with Crippen LogP contribution in [0.1, 0.15) is 33.0 Å². The lowest BCUT2D eigenvalue weighted by molar-refractivity contribution is -0.159. The van der Waals surface area contributed by atoms with Gasteiger partial charge in [0.2, 0.25) is 5.91 Å². The minimum atomic E-state index is -0.292. The monoisotopic (exact) mass is 467 g/mol. The van der Waals surface area contributed by atoms with Gasteiger partial charge in [0.05, 0.1) is 25.8 Å². The molecule has 5 rings (SSSR count). The number of aromatic nitrogens is 1. The fraction of sp³-hybridized carbons (Fsp3) is 0.250. The Morgan fingerprint density at radius 3 is 2.54 bits per heavy atom. The molecular formula is C28H25N3O4. The number of aliphatic hydroxyl groups is 1. The van der Waals surface area contributed by atoms with E-state index in [-0.39, 0.29) is 43.0 Å². The number of carbonyl (C=O) groups excluding carboxylic acids is 2. The minimum absolute atomic E-state index is 0.0136. The molecule has 35 heavy (non-hydrogen) atoms. The summed E-state index contributed by atoms with van der Waals surface area (Å²) in [4.78, 5) is 33.1. The predicted molar refractivity (Wildman–Crippen MR) is 130 cm³/mol.